The lowest BCUT2D eigenvalue weighted by Gasteiger charge is -2.36. The van der Waals surface area contributed by atoms with Crippen LogP contribution in [0.4, 0.5) is 19.0 Å². The third kappa shape index (κ3) is 3.88. The Balaban J connectivity index is 1.19. The molecule has 9 rings (SSSR count). The second-order valence-corrected chi connectivity index (χ2v) is 13.6. The summed E-state index contributed by atoms with van der Waals surface area (Å²) in [4.78, 5) is 18.0. The minimum Gasteiger partial charge on any atom is -0.508 e. The number of nitrogens with zero attached hydrogens (tertiary/aromatic N) is 5. The molecule has 2 aromatic carbocycles. The van der Waals surface area contributed by atoms with Gasteiger partial charge in [0, 0.05) is 42.6 Å². The topological polar surface area (TPSA) is 107 Å². The van der Waals surface area contributed by atoms with Crippen molar-refractivity contribution in [2.45, 2.75) is 61.6 Å². The van der Waals surface area contributed by atoms with Gasteiger partial charge in [0.2, 0.25) is 0 Å². The number of aliphatic hydroxyl groups excluding tert-OH is 1. The summed E-state index contributed by atoms with van der Waals surface area (Å²) in [7, 11) is 0. The lowest BCUT2D eigenvalue weighted by atomic mass is 9.95. The van der Waals surface area contributed by atoms with Crippen LogP contribution in [0.15, 0.2) is 30.5 Å². The van der Waals surface area contributed by atoms with Crippen LogP contribution in [0, 0.1) is 17.6 Å². The van der Waals surface area contributed by atoms with E-state index in [0.717, 1.165) is 32.2 Å². The predicted octanol–water partition coefficient (Wildman–Crippen LogP) is 4.70. The van der Waals surface area contributed by atoms with Crippen molar-refractivity contribution in [3.63, 3.8) is 0 Å². The predicted molar refractivity (Wildman–Crippen MR) is 161 cm³/mol. The molecule has 5 aliphatic rings. The Morgan fingerprint density at radius 3 is 2.82 bits per heavy atom. The molecule has 9 nitrogen and oxygen atoms in total. The zero-order valence-corrected chi connectivity index (χ0v) is 24.9. The van der Waals surface area contributed by atoms with Crippen molar-refractivity contribution in [3.05, 3.63) is 47.1 Å². The van der Waals surface area contributed by atoms with E-state index in [-0.39, 0.29) is 63.0 Å². The van der Waals surface area contributed by atoms with E-state index in [9.17, 15) is 19.0 Å². The standard InChI is InChI=1S/C32H30ClF3N6O3/c33-23-20(35)4-3-15-9-17(43)10-18(21(15)23)25-24(36)26-19(12-37-25)28(42-8-2-6-32-22(27(32)42)29(44)40-32)39-30(38-26)45-14-31-5-1-7-41(31)13-16(34)11-31/h3-4,9-10,12,16,22,27,29,40,43-44H,1-2,5-8,11,13-14H2/t16-,22?,27?,29?,31+,32+/m1/s1. The molecule has 0 radical (unpaired) electrons. The minimum absolute atomic E-state index is 0.0298. The number of benzene rings is 2. The van der Waals surface area contributed by atoms with E-state index in [2.05, 4.69) is 25.1 Å². The first kappa shape index (κ1) is 27.8. The van der Waals surface area contributed by atoms with Gasteiger partial charge in [0.05, 0.1) is 27.5 Å². The summed E-state index contributed by atoms with van der Waals surface area (Å²) in [6.07, 6.45) is 3.79. The van der Waals surface area contributed by atoms with Gasteiger partial charge in [-0.3, -0.25) is 15.2 Å². The van der Waals surface area contributed by atoms with E-state index in [0.29, 0.717) is 36.1 Å². The quantitative estimate of drug-likeness (QED) is 0.287. The van der Waals surface area contributed by atoms with E-state index in [4.69, 9.17) is 21.3 Å². The van der Waals surface area contributed by atoms with Crippen LogP contribution in [-0.4, -0.2) is 85.8 Å². The first-order valence-electron chi connectivity index (χ1n) is 15.4. The number of aliphatic hydroxyl groups is 1. The molecule has 3 N–H and O–H groups in total. The van der Waals surface area contributed by atoms with E-state index < -0.39 is 29.6 Å². The van der Waals surface area contributed by atoms with E-state index in [1.807, 2.05) is 0 Å². The fraction of sp³-hybridized carbons (Fsp3) is 0.469. The highest BCUT2D eigenvalue weighted by Crippen LogP contribution is 2.62. The van der Waals surface area contributed by atoms with Crippen LogP contribution in [0.1, 0.15) is 32.1 Å². The summed E-state index contributed by atoms with van der Waals surface area (Å²) < 4.78 is 52.0. The van der Waals surface area contributed by atoms with Gasteiger partial charge in [0.25, 0.3) is 0 Å². The van der Waals surface area contributed by atoms with Crippen LogP contribution in [0.3, 0.4) is 0 Å². The number of anilines is 1. The monoisotopic (exact) mass is 638 g/mol. The summed E-state index contributed by atoms with van der Waals surface area (Å²) in [6.45, 7) is 1.97. The fourth-order valence-electron chi connectivity index (χ4n) is 8.84. The van der Waals surface area contributed by atoms with Crippen molar-refractivity contribution in [1.82, 2.24) is 25.2 Å². The Morgan fingerprint density at radius 1 is 1.13 bits per heavy atom. The summed E-state index contributed by atoms with van der Waals surface area (Å²) >= 11 is 6.36. The number of phenols is 1. The molecular formula is C32H30ClF3N6O3. The maximum atomic E-state index is 16.8. The lowest BCUT2D eigenvalue weighted by molar-refractivity contribution is 0.0231. The molecule has 0 bridgehead atoms. The lowest BCUT2D eigenvalue weighted by Crippen LogP contribution is -2.56. The van der Waals surface area contributed by atoms with Crippen LogP contribution in [-0.2, 0) is 0 Å². The van der Waals surface area contributed by atoms with Gasteiger partial charge < -0.3 is 19.8 Å². The van der Waals surface area contributed by atoms with Crippen molar-refractivity contribution in [2.75, 3.05) is 31.1 Å². The van der Waals surface area contributed by atoms with Gasteiger partial charge in [-0.2, -0.15) is 9.97 Å². The molecule has 4 aliphatic heterocycles. The van der Waals surface area contributed by atoms with Crippen LogP contribution in [0.2, 0.25) is 5.02 Å². The number of ether oxygens (including phenoxy) is 1. The average molecular weight is 639 g/mol. The molecule has 1 saturated carbocycles. The number of pyridine rings is 1. The van der Waals surface area contributed by atoms with Gasteiger partial charge in [-0.15, -0.1) is 0 Å². The Hall–Kier alpha value is -3.45. The number of rotatable bonds is 5. The SMILES string of the molecule is Oc1cc(-c2ncc3c(N4CCC[C@]56NC(O)C5C46)nc(OC[C@@]45CCCN4C[C@H](F)C5)nc3c2F)c2c(Cl)c(F)ccc2c1. The smallest absolute Gasteiger partial charge is 0.319 e. The number of phenolic OH excluding ortho intramolecular Hbond substituents is 1. The van der Waals surface area contributed by atoms with Crippen LogP contribution in [0.25, 0.3) is 32.9 Å². The van der Waals surface area contributed by atoms with Crippen molar-refractivity contribution in [2.24, 2.45) is 5.92 Å². The number of nitrogens with one attached hydrogen (secondary N) is 1. The van der Waals surface area contributed by atoms with Crippen LogP contribution < -0.4 is 15.0 Å². The van der Waals surface area contributed by atoms with Gasteiger partial charge in [-0.25, -0.2) is 13.2 Å². The number of piperidine rings is 1. The molecule has 2 aromatic heterocycles. The van der Waals surface area contributed by atoms with Crippen molar-refractivity contribution >= 4 is 39.1 Å². The van der Waals surface area contributed by atoms with Crippen molar-refractivity contribution < 1.29 is 28.1 Å². The zero-order chi connectivity index (χ0) is 30.8. The molecule has 4 aromatic rings. The van der Waals surface area contributed by atoms with Crippen molar-refractivity contribution in [1.29, 1.82) is 0 Å². The number of aromatic hydroxyl groups is 1. The molecular weight excluding hydrogens is 609 g/mol. The van der Waals surface area contributed by atoms with Crippen LogP contribution >= 0.6 is 11.6 Å². The Morgan fingerprint density at radius 2 is 1.98 bits per heavy atom. The number of hydrogen-bond donors (Lipinski definition) is 3. The normalized spacial score (nSPS) is 32.0. The summed E-state index contributed by atoms with van der Waals surface area (Å²) in [5.74, 6) is -1.17. The second kappa shape index (κ2) is 9.54. The number of aromatic nitrogens is 3. The maximum Gasteiger partial charge on any atom is 0.319 e. The van der Waals surface area contributed by atoms with E-state index in [1.165, 1.54) is 30.5 Å². The third-order valence-corrected chi connectivity index (χ3v) is 11.2. The van der Waals surface area contributed by atoms with Crippen LogP contribution in [0.5, 0.6) is 11.8 Å². The maximum absolute atomic E-state index is 16.8. The van der Waals surface area contributed by atoms with E-state index >= 15 is 4.39 Å². The number of hydrogen-bond acceptors (Lipinski definition) is 9. The Labute approximate surface area is 261 Å². The molecule has 3 unspecified atom stereocenters. The van der Waals surface area contributed by atoms with Gasteiger partial charge in [0.1, 0.15) is 47.6 Å². The molecule has 6 atom stereocenters. The highest BCUT2D eigenvalue weighted by Gasteiger charge is 2.78. The molecule has 5 fully saturated rings. The van der Waals surface area contributed by atoms with Gasteiger partial charge >= 0.3 is 6.01 Å². The van der Waals surface area contributed by atoms with Gasteiger partial charge in [-0.05, 0) is 55.8 Å². The first-order valence-corrected chi connectivity index (χ1v) is 15.8. The molecule has 4 saturated heterocycles. The Bertz CT molecular complexity index is 1910. The van der Waals surface area contributed by atoms with Crippen molar-refractivity contribution in [3.8, 4) is 23.0 Å². The number of alkyl halides is 1. The number of fused-ring (bicyclic) bond motifs is 4. The summed E-state index contributed by atoms with van der Waals surface area (Å²) in [5, 5.41) is 24.9. The molecule has 1 spiro atoms. The summed E-state index contributed by atoms with van der Waals surface area (Å²) in [5.41, 5.74) is -0.768. The highest BCUT2D eigenvalue weighted by atomic mass is 35.5. The molecule has 6 heterocycles. The number of halogens is 4. The molecule has 1 aliphatic carbocycles. The summed E-state index contributed by atoms with van der Waals surface area (Å²) in [6, 6.07) is 5.30. The van der Waals surface area contributed by atoms with E-state index in [1.54, 1.807) is 0 Å². The molecule has 0 amide bonds. The third-order valence-electron chi connectivity index (χ3n) is 10.8. The largest absolute Gasteiger partial charge is 0.508 e. The van der Waals surface area contributed by atoms with Gasteiger partial charge in [-0.1, -0.05) is 17.7 Å². The molecule has 13 heteroatoms. The molecule has 234 valence electrons. The first-order chi connectivity index (χ1) is 21.7. The minimum atomic E-state index is -0.935. The zero-order valence-electron chi connectivity index (χ0n) is 24.1. The van der Waals surface area contributed by atoms with Gasteiger partial charge in [0.15, 0.2) is 5.82 Å². The molecule has 45 heavy (non-hydrogen) atoms. The highest BCUT2D eigenvalue weighted by molar-refractivity contribution is 6.37. The second-order valence-electron chi connectivity index (χ2n) is 13.2. The average Bonchev–Trinajstić information content (AvgIpc) is 3.18. The Kier molecular flexibility index (Phi) is 5.90. The fourth-order valence-corrected chi connectivity index (χ4v) is 9.11.